The first-order valence-corrected chi connectivity index (χ1v) is 7.89. The molecule has 114 valence electrons. The average molecular weight is 303 g/mol. The molecule has 2 N–H and O–H groups in total. The van der Waals surface area contributed by atoms with Crippen LogP contribution in [0, 0.1) is 11.8 Å². The Labute approximate surface area is 119 Å². The Morgan fingerprint density at radius 1 is 1.50 bits per heavy atom. The zero-order valence-corrected chi connectivity index (χ0v) is 12.7. The van der Waals surface area contributed by atoms with Gasteiger partial charge in [0.1, 0.15) is 4.90 Å². The van der Waals surface area contributed by atoms with E-state index in [-0.39, 0.29) is 23.8 Å². The maximum Gasteiger partial charge on any atom is 0.303 e. The lowest BCUT2D eigenvalue weighted by Crippen LogP contribution is -2.31. The van der Waals surface area contributed by atoms with E-state index in [0.29, 0.717) is 12.3 Å². The van der Waals surface area contributed by atoms with E-state index in [1.807, 2.05) is 13.8 Å². The number of hydrogen-bond donors (Lipinski definition) is 2. The van der Waals surface area contributed by atoms with E-state index >= 15 is 0 Å². The summed E-state index contributed by atoms with van der Waals surface area (Å²) in [5.74, 6) is -0.836. The minimum absolute atomic E-state index is 0.0479. The van der Waals surface area contributed by atoms with Crippen LogP contribution in [-0.2, 0) is 21.9 Å². The van der Waals surface area contributed by atoms with Gasteiger partial charge in [0, 0.05) is 26.2 Å². The van der Waals surface area contributed by atoms with E-state index in [0.717, 1.165) is 0 Å². The van der Waals surface area contributed by atoms with Crippen LogP contribution in [0.1, 0.15) is 26.7 Å². The van der Waals surface area contributed by atoms with Gasteiger partial charge in [-0.15, -0.1) is 0 Å². The summed E-state index contributed by atoms with van der Waals surface area (Å²) in [6, 6.07) is 0. The van der Waals surface area contributed by atoms with Crippen LogP contribution in [0.2, 0.25) is 0 Å². The summed E-state index contributed by atoms with van der Waals surface area (Å²) in [7, 11) is -2.00. The summed E-state index contributed by atoms with van der Waals surface area (Å²) in [4.78, 5) is 10.9. The molecular weight excluding hydrogens is 282 g/mol. The molecule has 20 heavy (non-hydrogen) atoms. The normalized spacial score (nSPS) is 13.6. The smallest absolute Gasteiger partial charge is 0.303 e. The summed E-state index contributed by atoms with van der Waals surface area (Å²) in [6.45, 7) is 4.07. The number of carboxylic acid groups (broad SMARTS) is 1. The molecule has 0 aliphatic rings. The molecule has 8 heteroatoms. The molecule has 0 amide bonds. The molecule has 1 heterocycles. The molecular formula is C12H21N3O4S. The number of nitrogens with zero attached hydrogens (tertiary/aromatic N) is 2. The summed E-state index contributed by atoms with van der Waals surface area (Å²) in [5, 5.41) is 12.7. The van der Waals surface area contributed by atoms with Crippen molar-refractivity contribution in [2.45, 2.75) is 31.6 Å². The number of aryl methyl sites for hydroxylation is 1. The number of carbonyl (C=O) groups is 1. The van der Waals surface area contributed by atoms with Crippen LogP contribution in [-0.4, -0.2) is 35.8 Å². The van der Waals surface area contributed by atoms with Crippen LogP contribution >= 0.6 is 0 Å². The second kappa shape index (κ2) is 6.85. The van der Waals surface area contributed by atoms with Gasteiger partial charge in [-0.3, -0.25) is 9.48 Å². The summed E-state index contributed by atoms with van der Waals surface area (Å²) < 4.78 is 27.9. The highest BCUT2D eigenvalue weighted by Crippen LogP contribution is 2.16. The second-order valence-electron chi connectivity index (χ2n) is 5.30. The van der Waals surface area contributed by atoms with Gasteiger partial charge < -0.3 is 5.11 Å². The van der Waals surface area contributed by atoms with Crippen LogP contribution < -0.4 is 4.72 Å². The van der Waals surface area contributed by atoms with Crippen molar-refractivity contribution in [3.63, 3.8) is 0 Å². The number of carboxylic acids is 1. The molecule has 0 fully saturated rings. The fourth-order valence-corrected chi connectivity index (χ4v) is 3.10. The maximum atomic E-state index is 12.0. The van der Waals surface area contributed by atoms with E-state index in [1.165, 1.54) is 17.1 Å². The van der Waals surface area contributed by atoms with Gasteiger partial charge in [-0.1, -0.05) is 13.8 Å². The van der Waals surface area contributed by atoms with Crippen molar-refractivity contribution in [3.05, 3.63) is 12.4 Å². The van der Waals surface area contributed by atoms with Crippen LogP contribution in [0.5, 0.6) is 0 Å². The molecule has 1 atom stereocenters. The minimum Gasteiger partial charge on any atom is -0.481 e. The molecule has 0 aliphatic heterocycles. The first kappa shape index (κ1) is 16.6. The molecule has 0 aromatic carbocycles. The molecule has 0 saturated carbocycles. The lowest BCUT2D eigenvalue weighted by Gasteiger charge is -2.17. The van der Waals surface area contributed by atoms with Crippen LogP contribution in [0.3, 0.4) is 0 Å². The van der Waals surface area contributed by atoms with E-state index in [1.54, 1.807) is 7.05 Å². The quantitative estimate of drug-likeness (QED) is 0.741. The Bertz CT molecular complexity index is 551. The lowest BCUT2D eigenvalue weighted by molar-refractivity contribution is -0.138. The van der Waals surface area contributed by atoms with Crippen molar-refractivity contribution < 1.29 is 18.3 Å². The largest absolute Gasteiger partial charge is 0.481 e. The summed E-state index contributed by atoms with van der Waals surface area (Å²) in [5.41, 5.74) is 0. The van der Waals surface area contributed by atoms with Gasteiger partial charge in [0.05, 0.1) is 6.20 Å². The van der Waals surface area contributed by atoms with Crippen molar-refractivity contribution in [2.24, 2.45) is 18.9 Å². The lowest BCUT2D eigenvalue weighted by atomic mass is 9.94. The highest BCUT2D eigenvalue weighted by molar-refractivity contribution is 7.89. The molecule has 0 radical (unpaired) electrons. The highest BCUT2D eigenvalue weighted by atomic mass is 32.2. The van der Waals surface area contributed by atoms with Gasteiger partial charge in [0.15, 0.2) is 0 Å². The SMILES string of the molecule is CC(C)C[C@H](CNS(=O)(=O)c1cnn(C)c1)CC(=O)O. The van der Waals surface area contributed by atoms with E-state index < -0.39 is 16.0 Å². The van der Waals surface area contributed by atoms with Gasteiger partial charge in [0.2, 0.25) is 10.0 Å². The maximum absolute atomic E-state index is 12.0. The fourth-order valence-electron chi connectivity index (χ4n) is 2.00. The molecule has 0 aliphatic carbocycles. The molecule has 1 rings (SSSR count). The van der Waals surface area contributed by atoms with E-state index in [9.17, 15) is 13.2 Å². The van der Waals surface area contributed by atoms with E-state index in [4.69, 9.17) is 5.11 Å². The summed E-state index contributed by atoms with van der Waals surface area (Å²) in [6.07, 6.45) is 3.27. The molecule has 0 spiro atoms. The average Bonchev–Trinajstić information content (AvgIpc) is 2.72. The third-order valence-corrected chi connectivity index (χ3v) is 4.20. The molecule has 7 nitrogen and oxygen atoms in total. The van der Waals surface area contributed by atoms with Gasteiger partial charge in [-0.2, -0.15) is 5.10 Å². The second-order valence-corrected chi connectivity index (χ2v) is 7.06. The number of hydrogen-bond acceptors (Lipinski definition) is 4. The zero-order valence-electron chi connectivity index (χ0n) is 11.9. The zero-order chi connectivity index (χ0) is 15.3. The molecule has 1 aromatic rings. The van der Waals surface area contributed by atoms with Gasteiger partial charge in [0.25, 0.3) is 0 Å². The Morgan fingerprint density at radius 3 is 2.60 bits per heavy atom. The van der Waals surface area contributed by atoms with Gasteiger partial charge in [-0.25, -0.2) is 13.1 Å². The van der Waals surface area contributed by atoms with Crippen molar-refractivity contribution in [2.75, 3.05) is 6.54 Å². The Kier molecular flexibility index (Phi) is 5.70. The Hall–Kier alpha value is -1.41. The number of sulfonamides is 1. The van der Waals surface area contributed by atoms with Crippen molar-refractivity contribution in [3.8, 4) is 0 Å². The number of aliphatic carboxylic acids is 1. The number of aromatic nitrogens is 2. The number of rotatable bonds is 8. The van der Waals surface area contributed by atoms with Crippen LogP contribution in [0.25, 0.3) is 0 Å². The topological polar surface area (TPSA) is 101 Å². The standard InChI is InChI=1S/C12H21N3O4S/c1-9(2)4-10(5-12(16)17)6-14-20(18,19)11-7-13-15(3)8-11/h7-10,14H,4-6H2,1-3H3,(H,16,17)/t10-/m0/s1. The predicted molar refractivity (Wildman–Crippen MR) is 73.6 cm³/mol. The van der Waals surface area contributed by atoms with Crippen LogP contribution in [0.4, 0.5) is 0 Å². The molecule has 0 saturated heterocycles. The van der Waals surface area contributed by atoms with E-state index in [2.05, 4.69) is 9.82 Å². The predicted octanol–water partition coefficient (Wildman–Crippen LogP) is 0.835. The molecule has 0 unspecified atom stereocenters. The first-order valence-electron chi connectivity index (χ1n) is 6.41. The third-order valence-electron chi connectivity index (χ3n) is 2.82. The molecule has 0 bridgehead atoms. The van der Waals surface area contributed by atoms with Crippen molar-refractivity contribution in [1.82, 2.24) is 14.5 Å². The Balaban J connectivity index is 2.68. The van der Waals surface area contributed by atoms with Gasteiger partial charge in [-0.05, 0) is 18.3 Å². The first-order chi connectivity index (χ1) is 9.20. The minimum atomic E-state index is -3.63. The molecule has 1 aromatic heterocycles. The fraction of sp³-hybridized carbons (Fsp3) is 0.667. The Morgan fingerprint density at radius 2 is 2.15 bits per heavy atom. The highest BCUT2D eigenvalue weighted by Gasteiger charge is 2.20. The van der Waals surface area contributed by atoms with Crippen molar-refractivity contribution in [1.29, 1.82) is 0 Å². The third kappa shape index (κ3) is 5.30. The summed E-state index contributed by atoms with van der Waals surface area (Å²) >= 11 is 0. The monoisotopic (exact) mass is 303 g/mol. The number of nitrogens with one attached hydrogen (secondary N) is 1. The van der Waals surface area contributed by atoms with Crippen LogP contribution in [0.15, 0.2) is 17.3 Å². The van der Waals surface area contributed by atoms with Crippen molar-refractivity contribution >= 4 is 16.0 Å². The van der Waals surface area contributed by atoms with Gasteiger partial charge >= 0.3 is 5.97 Å².